The van der Waals surface area contributed by atoms with Gasteiger partial charge in [-0.1, -0.05) is 20.3 Å². The van der Waals surface area contributed by atoms with Gasteiger partial charge in [-0.3, -0.25) is 9.59 Å². The van der Waals surface area contributed by atoms with Crippen LogP contribution in [-0.2, 0) is 9.59 Å². The second-order valence-electron chi connectivity index (χ2n) is 6.97. The molecule has 1 fully saturated rings. The molecule has 2 rings (SSSR count). The SMILES string of the molecule is CC[C@H](C)[C@H](CO)NC(=O)[C@H]1CC(=O)N(c2cc(OC)c(OC)c(OC)c2)C1. The number of hydrogen-bond acceptors (Lipinski definition) is 6. The van der Waals surface area contributed by atoms with Gasteiger partial charge in [0.05, 0.1) is 45.6 Å². The molecule has 0 unspecified atom stereocenters. The minimum Gasteiger partial charge on any atom is -0.493 e. The van der Waals surface area contributed by atoms with Gasteiger partial charge >= 0.3 is 0 Å². The summed E-state index contributed by atoms with van der Waals surface area (Å²) in [7, 11) is 4.52. The predicted octanol–water partition coefficient (Wildman–Crippen LogP) is 1.59. The summed E-state index contributed by atoms with van der Waals surface area (Å²) in [4.78, 5) is 26.8. The van der Waals surface area contributed by atoms with Crippen molar-refractivity contribution in [1.29, 1.82) is 0 Å². The summed E-state index contributed by atoms with van der Waals surface area (Å²) in [6, 6.07) is 3.06. The van der Waals surface area contributed by atoms with Crippen LogP contribution in [0.1, 0.15) is 26.7 Å². The molecule has 2 N–H and O–H groups in total. The quantitative estimate of drug-likeness (QED) is 0.660. The van der Waals surface area contributed by atoms with Crippen LogP contribution in [0.25, 0.3) is 0 Å². The smallest absolute Gasteiger partial charge is 0.227 e. The van der Waals surface area contributed by atoms with Crippen molar-refractivity contribution in [2.24, 2.45) is 11.8 Å². The molecule has 28 heavy (non-hydrogen) atoms. The van der Waals surface area contributed by atoms with E-state index >= 15 is 0 Å². The molecule has 8 heteroatoms. The number of nitrogens with one attached hydrogen (secondary N) is 1. The van der Waals surface area contributed by atoms with E-state index in [0.29, 0.717) is 22.9 Å². The molecule has 0 aromatic heterocycles. The average Bonchev–Trinajstić information content (AvgIpc) is 3.11. The molecule has 1 heterocycles. The average molecular weight is 394 g/mol. The van der Waals surface area contributed by atoms with Gasteiger partial charge in [0.2, 0.25) is 17.6 Å². The van der Waals surface area contributed by atoms with Crippen LogP contribution >= 0.6 is 0 Å². The first-order chi connectivity index (χ1) is 13.4. The Morgan fingerprint density at radius 2 is 1.86 bits per heavy atom. The Hall–Kier alpha value is -2.48. The molecule has 0 aliphatic carbocycles. The van der Waals surface area contributed by atoms with Crippen LogP contribution in [0.2, 0.25) is 0 Å². The molecular weight excluding hydrogens is 364 g/mol. The molecular formula is C20H30N2O6. The summed E-state index contributed by atoms with van der Waals surface area (Å²) in [5.41, 5.74) is 0.579. The lowest BCUT2D eigenvalue weighted by Crippen LogP contribution is -2.45. The fourth-order valence-electron chi connectivity index (χ4n) is 3.31. The Labute approximate surface area is 165 Å². The van der Waals surface area contributed by atoms with E-state index in [0.717, 1.165) is 6.42 Å². The third kappa shape index (κ3) is 4.49. The van der Waals surface area contributed by atoms with E-state index in [1.165, 1.54) is 21.3 Å². The summed E-state index contributed by atoms with van der Waals surface area (Å²) >= 11 is 0. The van der Waals surface area contributed by atoms with Crippen LogP contribution in [0.15, 0.2) is 12.1 Å². The molecule has 1 aromatic carbocycles. The summed E-state index contributed by atoms with van der Waals surface area (Å²) in [6.07, 6.45) is 0.952. The number of carbonyl (C=O) groups is 2. The minimum atomic E-state index is -0.482. The maximum absolute atomic E-state index is 12.6. The van der Waals surface area contributed by atoms with Crippen LogP contribution in [0, 0.1) is 11.8 Å². The van der Waals surface area contributed by atoms with Crippen LogP contribution in [-0.4, -0.2) is 57.4 Å². The third-order valence-corrected chi connectivity index (χ3v) is 5.31. The van der Waals surface area contributed by atoms with Gasteiger partial charge in [0.1, 0.15) is 0 Å². The highest BCUT2D eigenvalue weighted by molar-refractivity contribution is 6.00. The molecule has 1 aliphatic rings. The van der Waals surface area contributed by atoms with Gasteiger partial charge < -0.3 is 29.5 Å². The Morgan fingerprint density at radius 1 is 1.25 bits per heavy atom. The molecule has 0 saturated carbocycles. The number of aliphatic hydroxyl groups excluding tert-OH is 1. The van der Waals surface area contributed by atoms with Crippen LogP contribution in [0.3, 0.4) is 0 Å². The molecule has 0 radical (unpaired) electrons. The second-order valence-corrected chi connectivity index (χ2v) is 6.97. The minimum absolute atomic E-state index is 0.112. The van der Waals surface area contributed by atoms with Crippen molar-refractivity contribution in [3.63, 3.8) is 0 Å². The number of amides is 2. The molecule has 8 nitrogen and oxygen atoms in total. The van der Waals surface area contributed by atoms with Crippen LogP contribution in [0.4, 0.5) is 5.69 Å². The van der Waals surface area contributed by atoms with Crippen LogP contribution in [0.5, 0.6) is 17.2 Å². The number of carbonyl (C=O) groups excluding carboxylic acids is 2. The van der Waals surface area contributed by atoms with Gasteiger partial charge in [0, 0.05) is 25.1 Å². The van der Waals surface area contributed by atoms with E-state index in [-0.39, 0.29) is 43.3 Å². The molecule has 1 aromatic rings. The van der Waals surface area contributed by atoms with Crippen molar-refractivity contribution >= 4 is 17.5 Å². The zero-order chi connectivity index (χ0) is 20.8. The van der Waals surface area contributed by atoms with Crippen molar-refractivity contribution in [2.75, 3.05) is 39.4 Å². The largest absolute Gasteiger partial charge is 0.493 e. The second kappa shape index (κ2) is 9.64. The van der Waals surface area contributed by atoms with Crippen molar-refractivity contribution in [2.45, 2.75) is 32.7 Å². The first-order valence-corrected chi connectivity index (χ1v) is 9.41. The zero-order valence-corrected chi connectivity index (χ0v) is 17.2. The monoisotopic (exact) mass is 394 g/mol. The number of anilines is 1. The number of nitrogens with zero attached hydrogens (tertiary/aromatic N) is 1. The Morgan fingerprint density at radius 3 is 2.32 bits per heavy atom. The van der Waals surface area contributed by atoms with Gasteiger partial charge in [-0.25, -0.2) is 0 Å². The van der Waals surface area contributed by atoms with E-state index in [2.05, 4.69) is 5.32 Å². The summed E-state index contributed by atoms with van der Waals surface area (Å²) in [5.74, 6) is 0.612. The van der Waals surface area contributed by atoms with Crippen molar-refractivity contribution in [3.8, 4) is 17.2 Å². The van der Waals surface area contributed by atoms with E-state index in [9.17, 15) is 14.7 Å². The maximum Gasteiger partial charge on any atom is 0.227 e. The van der Waals surface area contributed by atoms with E-state index in [4.69, 9.17) is 14.2 Å². The standard InChI is InChI=1S/C20H30N2O6/c1-6-12(2)15(11-23)21-20(25)13-7-18(24)22(10-13)14-8-16(26-3)19(28-5)17(9-14)27-4/h8-9,12-13,15,23H,6-7,10-11H2,1-5H3,(H,21,25)/t12-,13-,15-/m0/s1. The Bertz CT molecular complexity index is 683. The number of rotatable bonds is 9. The van der Waals surface area contributed by atoms with Gasteiger partial charge in [0.25, 0.3) is 0 Å². The number of hydrogen-bond donors (Lipinski definition) is 2. The Kier molecular flexibility index (Phi) is 7.51. The van der Waals surface area contributed by atoms with Gasteiger partial charge in [-0.2, -0.15) is 0 Å². The predicted molar refractivity (Wildman–Crippen MR) is 105 cm³/mol. The van der Waals surface area contributed by atoms with Crippen molar-refractivity contribution in [3.05, 3.63) is 12.1 Å². The van der Waals surface area contributed by atoms with Gasteiger partial charge in [-0.05, 0) is 5.92 Å². The van der Waals surface area contributed by atoms with Gasteiger partial charge in [-0.15, -0.1) is 0 Å². The van der Waals surface area contributed by atoms with Crippen molar-refractivity contribution in [1.82, 2.24) is 5.32 Å². The number of aliphatic hydroxyl groups is 1. The molecule has 2 amide bonds. The number of methoxy groups -OCH3 is 3. The number of ether oxygens (including phenoxy) is 3. The highest BCUT2D eigenvalue weighted by Crippen LogP contribution is 2.42. The molecule has 3 atom stereocenters. The van der Waals surface area contributed by atoms with Gasteiger partial charge in [0.15, 0.2) is 11.5 Å². The summed E-state index contributed by atoms with van der Waals surface area (Å²) in [6.45, 7) is 4.11. The highest BCUT2D eigenvalue weighted by atomic mass is 16.5. The molecule has 1 aliphatic heterocycles. The molecule has 1 saturated heterocycles. The highest BCUT2D eigenvalue weighted by Gasteiger charge is 2.37. The summed E-state index contributed by atoms with van der Waals surface area (Å²) in [5, 5.41) is 12.4. The van der Waals surface area contributed by atoms with Crippen LogP contribution < -0.4 is 24.4 Å². The normalized spacial score (nSPS) is 18.6. The van der Waals surface area contributed by atoms with E-state index in [1.54, 1.807) is 17.0 Å². The fourth-order valence-corrected chi connectivity index (χ4v) is 3.31. The van der Waals surface area contributed by atoms with Crippen molar-refractivity contribution < 1.29 is 28.9 Å². The molecule has 0 spiro atoms. The number of benzene rings is 1. The van der Waals surface area contributed by atoms with E-state index in [1.807, 2.05) is 13.8 Å². The maximum atomic E-state index is 12.6. The lowest BCUT2D eigenvalue weighted by molar-refractivity contribution is -0.127. The first kappa shape index (κ1) is 21.8. The zero-order valence-electron chi connectivity index (χ0n) is 17.2. The topological polar surface area (TPSA) is 97.3 Å². The third-order valence-electron chi connectivity index (χ3n) is 5.31. The Balaban J connectivity index is 2.19. The fraction of sp³-hybridized carbons (Fsp3) is 0.600. The van der Waals surface area contributed by atoms with E-state index < -0.39 is 5.92 Å². The lowest BCUT2D eigenvalue weighted by atomic mass is 9.98. The summed E-state index contributed by atoms with van der Waals surface area (Å²) < 4.78 is 16.0. The first-order valence-electron chi connectivity index (χ1n) is 9.41. The lowest BCUT2D eigenvalue weighted by Gasteiger charge is -2.24. The molecule has 0 bridgehead atoms. The molecule has 156 valence electrons.